The van der Waals surface area contributed by atoms with E-state index >= 15 is 0 Å². The number of fused-ring (bicyclic) bond motifs is 1. The molecule has 0 spiro atoms. The fourth-order valence-electron chi connectivity index (χ4n) is 3.40. The number of hydrogen-bond donors (Lipinski definition) is 2. The van der Waals surface area contributed by atoms with E-state index in [0.29, 0.717) is 33.7 Å². The van der Waals surface area contributed by atoms with Gasteiger partial charge in [-0.2, -0.15) is 5.10 Å². The Morgan fingerprint density at radius 1 is 1.14 bits per heavy atom. The van der Waals surface area contributed by atoms with Crippen molar-refractivity contribution in [3.05, 3.63) is 105 Å². The Morgan fingerprint density at radius 3 is 2.69 bits per heavy atom. The zero-order valence-corrected chi connectivity index (χ0v) is 20.9. The first kappa shape index (κ1) is 24.4. The van der Waals surface area contributed by atoms with Crippen LogP contribution in [0.2, 0.25) is 0 Å². The van der Waals surface area contributed by atoms with Crippen LogP contribution in [0.15, 0.2) is 98.9 Å². The third-order valence-corrected chi connectivity index (χ3v) is 6.54. The van der Waals surface area contributed by atoms with E-state index in [1.54, 1.807) is 42.5 Å². The van der Waals surface area contributed by atoms with Gasteiger partial charge in [0.2, 0.25) is 0 Å². The number of allylic oxidation sites excluding steroid dienone is 1. The molecule has 0 fully saturated rings. The molecule has 0 unspecified atom stereocenters. The number of para-hydroxylation sites is 2. The monoisotopic (exact) mass is 548 g/mol. The Labute approximate surface area is 214 Å². The van der Waals surface area contributed by atoms with Gasteiger partial charge >= 0.3 is 0 Å². The molecule has 4 rings (SSSR count). The van der Waals surface area contributed by atoms with Gasteiger partial charge in [-0.05, 0) is 54.4 Å². The lowest BCUT2D eigenvalue weighted by molar-refractivity contribution is -0.118. The Morgan fingerprint density at radius 2 is 1.91 bits per heavy atom. The van der Waals surface area contributed by atoms with Crippen LogP contribution in [-0.4, -0.2) is 32.5 Å². The second-order valence-electron chi connectivity index (χ2n) is 7.46. The van der Waals surface area contributed by atoms with Crippen molar-refractivity contribution in [1.82, 2.24) is 15.0 Å². The molecule has 0 bridgehead atoms. The Kier molecular flexibility index (Phi) is 7.79. The van der Waals surface area contributed by atoms with Gasteiger partial charge < -0.3 is 5.11 Å². The summed E-state index contributed by atoms with van der Waals surface area (Å²) in [5.41, 5.74) is 4.65. The molecule has 0 saturated heterocycles. The minimum atomic E-state index is -0.377. The van der Waals surface area contributed by atoms with Crippen LogP contribution in [0, 0.1) is 0 Å². The normalized spacial score (nSPS) is 11.1. The van der Waals surface area contributed by atoms with Gasteiger partial charge in [-0.1, -0.05) is 58.0 Å². The molecule has 4 aromatic rings. The lowest BCUT2D eigenvalue weighted by Gasteiger charge is -2.13. The molecule has 0 atom stereocenters. The number of hydrogen-bond acceptors (Lipinski definition) is 6. The van der Waals surface area contributed by atoms with E-state index in [-0.39, 0.29) is 23.0 Å². The van der Waals surface area contributed by atoms with Gasteiger partial charge in [0.05, 0.1) is 28.6 Å². The summed E-state index contributed by atoms with van der Waals surface area (Å²) < 4.78 is 2.38. The molecular weight excluding hydrogens is 528 g/mol. The maximum Gasteiger partial charge on any atom is 0.266 e. The van der Waals surface area contributed by atoms with Gasteiger partial charge in [0.1, 0.15) is 5.75 Å². The number of aromatic nitrogens is 2. The standard InChI is InChI=1S/C26H21BrN4O3S/c1-2-6-17-7-5-8-18(24(17)33)15-28-30-23(32)16-35-26-29-22-10-4-3-9-21(22)25(34)31(26)20-13-11-19(27)12-14-20/h2-5,7-15,33H,1,6,16H2,(H,30,32)/b28-15+. The number of nitrogens with zero attached hydrogens (tertiary/aromatic N) is 3. The van der Waals surface area contributed by atoms with Gasteiger partial charge in [-0.25, -0.2) is 10.4 Å². The second kappa shape index (κ2) is 11.2. The fraction of sp³-hybridized carbons (Fsp3) is 0.0769. The summed E-state index contributed by atoms with van der Waals surface area (Å²) >= 11 is 4.54. The van der Waals surface area contributed by atoms with E-state index in [2.05, 4.69) is 38.0 Å². The van der Waals surface area contributed by atoms with Crippen molar-refractivity contribution in [2.45, 2.75) is 11.6 Å². The minimum absolute atomic E-state index is 0.0128. The lowest BCUT2D eigenvalue weighted by atomic mass is 10.1. The van der Waals surface area contributed by atoms with Crippen molar-refractivity contribution < 1.29 is 9.90 Å². The predicted molar refractivity (Wildman–Crippen MR) is 144 cm³/mol. The van der Waals surface area contributed by atoms with Gasteiger partial charge in [-0.3, -0.25) is 14.2 Å². The predicted octanol–water partition coefficient (Wildman–Crippen LogP) is 4.82. The Bertz CT molecular complexity index is 1480. The molecule has 0 aliphatic heterocycles. The number of phenols is 1. The van der Waals surface area contributed by atoms with Crippen LogP contribution < -0.4 is 11.0 Å². The molecule has 0 saturated carbocycles. The van der Waals surface area contributed by atoms with E-state index < -0.39 is 0 Å². The molecule has 1 heterocycles. The number of amides is 1. The largest absolute Gasteiger partial charge is 0.507 e. The van der Waals surface area contributed by atoms with Crippen LogP contribution in [-0.2, 0) is 11.2 Å². The molecule has 9 heteroatoms. The number of carbonyl (C=O) groups is 1. The first-order valence-corrected chi connectivity index (χ1v) is 12.4. The second-order valence-corrected chi connectivity index (χ2v) is 9.32. The topological polar surface area (TPSA) is 96.6 Å². The molecular formula is C26H21BrN4O3S. The minimum Gasteiger partial charge on any atom is -0.507 e. The molecule has 0 aliphatic carbocycles. The van der Waals surface area contributed by atoms with Crippen molar-refractivity contribution in [2.24, 2.45) is 5.10 Å². The molecule has 1 aromatic heterocycles. The molecule has 0 aliphatic rings. The zero-order valence-electron chi connectivity index (χ0n) is 18.5. The highest BCUT2D eigenvalue weighted by molar-refractivity contribution is 9.10. The summed E-state index contributed by atoms with van der Waals surface area (Å²) in [6.07, 6.45) is 3.61. The fourth-order valence-corrected chi connectivity index (χ4v) is 4.47. The van der Waals surface area contributed by atoms with Gasteiger partial charge in [-0.15, -0.1) is 6.58 Å². The summed E-state index contributed by atoms with van der Waals surface area (Å²) in [5, 5.41) is 15.1. The summed E-state index contributed by atoms with van der Waals surface area (Å²) in [4.78, 5) is 30.3. The Balaban J connectivity index is 1.53. The van der Waals surface area contributed by atoms with E-state index in [9.17, 15) is 14.7 Å². The van der Waals surface area contributed by atoms with E-state index in [1.807, 2.05) is 30.3 Å². The summed E-state index contributed by atoms with van der Waals surface area (Å²) in [6.45, 7) is 3.68. The molecule has 3 aromatic carbocycles. The average Bonchev–Trinajstić information content (AvgIpc) is 2.86. The third-order valence-electron chi connectivity index (χ3n) is 5.07. The van der Waals surface area contributed by atoms with Crippen molar-refractivity contribution in [3.63, 3.8) is 0 Å². The van der Waals surface area contributed by atoms with Crippen LogP contribution in [0.1, 0.15) is 11.1 Å². The van der Waals surface area contributed by atoms with Gasteiger partial charge in [0, 0.05) is 10.0 Å². The average molecular weight is 549 g/mol. The van der Waals surface area contributed by atoms with Crippen LogP contribution in [0.3, 0.4) is 0 Å². The summed E-state index contributed by atoms with van der Waals surface area (Å²) in [7, 11) is 0. The number of carbonyl (C=O) groups excluding carboxylic acids is 1. The van der Waals surface area contributed by atoms with E-state index in [4.69, 9.17) is 0 Å². The molecule has 2 N–H and O–H groups in total. The maximum absolute atomic E-state index is 13.3. The zero-order chi connectivity index (χ0) is 24.8. The van der Waals surface area contributed by atoms with Crippen molar-refractivity contribution in [2.75, 3.05) is 5.75 Å². The highest BCUT2D eigenvalue weighted by Gasteiger charge is 2.15. The summed E-state index contributed by atoms with van der Waals surface area (Å²) in [6, 6.07) is 19.7. The van der Waals surface area contributed by atoms with E-state index in [1.165, 1.54) is 10.8 Å². The van der Waals surface area contributed by atoms with Crippen LogP contribution in [0.4, 0.5) is 0 Å². The van der Waals surface area contributed by atoms with Crippen LogP contribution in [0.25, 0.3) is 16.6 Å². The quantitative estimate of drug-likeness (QED) is 0.108. The first-order chi connectivity index (χ1) is 17.0. The number of hydrazone groups is 1. The lowest BCUT2D eigenvalue weighted by Crippen LogP contribution is -2.24. The highest BCUT2D eigenvalue weighted by atomic mass is 79.9. The number of phenolic OH excluding ortho intramolecular Hbond substituents is 1. The number of halogens is 1. The number of thioether (sulfide) groups is 1. The smallest absolute Gasteiger partial charge is 0.266 e. The number of nitrogens with one attached hydrogen (secondary N) is 1. The number of benzene rings is 3. The van der Waals surface area contributed by atoms with Gasteiger partial charge in [0.15, 0.2) is 5.16 Å². The third kappa shape index (κ3) is 5.70. The Hall–Kier alpha value is -3.69. The maximum atomic E-state index is 13.3. The van der Waals surface area contributed by atoms with Gasteiger partial charge in [0.25, 0.3) is 11.5 Å². The number of rotatable bonds is 8. The summed E-state index contributed by atoms with van der Waals surface area (Å²) in [5.74, 6) is -0.294. The van der Waals surface area contributed by atoms with Crippen LogP contribution in [0.5, 0.6) is 5.75 Å². The van der Waals surface area contributed by atoms with Crippen molar-refractivity contribution >= 4 is 50.7 Å². The molecule has 35 heavy (non-hydrogen) atoms. The molecule has 7 nitrogen and oxygen atoms in total. The molecule has 176 valence electrons. The van der Waals surface area contributed by atoms with E-state index in [0.717, 1.165) is 21.8 Å². The molecule has 0 radical (unpaired) electrons. The highest BCUT2D eigenvalue weighted by Crippen LogP contribution is 2.23. The SMILES string of the molecule is C=CCc1cccc(/C=N/NC(=O)CSc2nc3ccccc3c(=O)n2-c2ccc(Br)cc2)c1O. The molecule has 1 amide bonds. The first-order valence-electron chi connectivity index (χ1n) is 10.6. The van der Waals surface area contributed by atoms with Crippen molar-refractivity contribution in [1.29, 1.82) is 0 Å². The number of aromatic hydroxyl groups is 1. The van der Waals surface area contributed by atoms with Crippen molar-refractivity contribution in [3.8, 4) is 11.4 Å². The van der Waals surface area contributed by atoms with Crippen LogP contribution >= 0.6 is 27.7 Å².